The lowest BCUT2D eigenvalue weighted by atomic mass is 10.00. The van der Waals surface area contributed by atoms with Crippen molar-refractivity contribution in [3.8, 4) is 0 Å². The van der Waals surface area contributed by atoms with Gasteiger partial charge in [0.25, 0.3) is 5.91 Å². The molecular formula is C18H12ClFN4O2S. The summed E-state index contributed by atoms with van der Waals surface area (Å²) in [6.07, 6.45) is 2.22. The van der Waals surface area contributed by atoms with E-state index in [9.17, 15) is 9.18 Å². The van der Waals surface area contributed by atoms with Gasteiger partial charge in [-0.05, 0) is 18.2 Å². The van der Waals surface area contributed by atoms with Crippen molar-refractivity contribution in [1.82, 2.24) is 19.9 Å². The summed E-state index contributed by atoms with van der Waals surface area (Å²) in [7, 11) is 0. The first-order valence-electron chi connectivity index (χ1n) is 8.24. The summed E-state index contributed by atoms with van der Waals surface area (Å²) in [4.78, 5) is 26.3. The van der Waals surface area contributed by atoms with E-state index in [1.165, 1.54) is 17.4 Å². The van der Waals surface area contributed by atoms with Gasteiger partial charge in [-0.2, -0.15) is 0 Å². The lowest BCUT2D eigenvalue weighted by molar-refractivity contribution is 0.0672. The van der Waals surface area contributed by atoms with Gasteiger partial charge in [-0.1, -0.05) is 17.7 Å². The van der Waals surface area contributed by atoms with E-state index in [1.54, 1.807) is 34.8 Å². The number of carbonyl (C=O) groups is 1. The van der Waals surface area contributed by atoms with Crippen LogP contribution >= 0.6 is 22.9 Å². The van der Waals surface area contributed by atoms with E-state index in [0.717, 1.165) is 5.69 Å². The van der Waals surface area contributed by atoms with Crippen LogP contribution in [-0.4, -0.2) is 32.3 Å². The van der Waals surface area contributed by atoms with E-state index >= 15 is 0 Å². The van der Waals surface area contributed by atoms with Crippen LogP contribution in [0, 0.1) is 5.82 Å². The van der Waals surface area contributed by atoms with Crippen molar-refractivity contribution < 1.29 is 13.6 Å². The molecule has 1 amide bonds. The van der Waals surface area contributed by atoms with Gasteiger partial charge in [-0.25, -0.2) is 14.4 Å². The van der Waals surface area contributed by atoms with Gasteiger partial charge in [0.2, 0.25) is 0 Å². The summed E-state index contributed by atoms with van der Waals surface area (Å²) in [5.74, 6) is -0.171. The van der Waals surface area contributed by atoms with Gasteiger partial charge < -0.3 is 14.3 Å². The van der Waals surface area contributed by atoms with Crippen LogP contribution in [0.15, 0.2) is 40.4 Å². The van der Waals surface area contributed by atoms with E-state index < -0.39 is 6.04 Å². The zero-order valence-corrected chi connectivity index (χ0v) is 15.4. The molecule has 0 aliphatic carbocycles. The number of benzene rings is 1. The Bertz CT molecular complexity index is 1170. The molecule has 4 heterocycles. The van der Waals surface area contributed by atoms with Gasteiger partial charge in [-0.3, -0.25) is 4.79 Å². The predicted molar refractivity (Wildman–Crippen MR) is 98.5 cm³/mol. The minimum atomic E-state index is -0.568. The molecule has 4 aromatic rings. The second-order valence-corrected chi connectivity index (χ2v) is 7.44. The van der Waals surface area contributed by atoms with Crippen LogP contribution in [0.3, 0.4) is 0 Å². The molecule has 5 rings (SSSR count). The Kier molecular flexibility index (Phi) is 3.76. The van der Waals surface area contributed by atoms with Crippen LogP contribution in [0.1, 0.15) is 33.0 Å². The van der Waals surface area contributed by atoms with E-state index in [1.807, 2.05) is 0 Å². The van der Waals surface area contributed by atoms with Crippen LogP contribution < -0.4 is 0 Å². The van der Waals surface area contributed by atoms with Crippen molar-refractivity contribution in [2.45, 2.75) is 12.5 Å². The molecule has 0 spiro atoms. The van der Waals surface area contributed by atoms with Gasteiger partial charge in [0.15, 0.2) is 5.01 Å². The number of thiazole rings is 1. The Hall–Kier alpha value is -2.71. The average molecular weight is 403 g/mol. The Morgan fingerprint density at radius 1 is 1.44 bits per heavy atom. The number of H-pyrrole nitrogens is 1. The number of halogens is 2. The van der Waals surface area contributed by atoms with Gasteiger partial charge >= 0.3 is 0 Å². The van der Waals surface area contributed by atoms with Gasteiger partial charge in [-0.15, -0.1) is 11.3 Å². The minimum Gasteiger partial charge on any atom is -0.458 e. The third kappa shape index (κ3) is 2.64. The number of nitrogens with zero attached hydrogens (tertiary/aromatic N) is 3. The first-order chi connectivity index (χ1) is 13.1. The topological polar surface area (TPSA) is 75.0 Å². The van der Waals surface area contributed by atoms with Crippen molar-refractivity contribution >= 4 is 39.8 Å². The molecule has 0 bridgehead atoms. The summed E-state index contributed by atoms with van der Waals surface area (Å²) in [5.41, 5.74) is 2.05. The third-order valence-corrected chi connectivity index (χ3v) is 5.80. The Labute approximate surface area is 161 Å². The smallest absolute Gasteiger partial charge is 0.283 e. The average Bonchev–Trinajstić information content (AvgIpc) is 3.39. The first-order valence-corrected chi connectivity index (χ1v) is 9.49. The molecule has 0 fully saturated rings. The van der Waals surface area contributed by atoms with Gasteiger partial charge in [0.05, 0.1) is 17.4 Å². The maximum absolute atomic E-state index is 14.1. The molecule has 27 heavy (non-hydrogen) atoms. The number of amides is 1. The normalized spacial score (nSPS) is 16.7. The fourth-order valence-electron chi connectivity index (χ4n) is 3.44. The van der Waals surface area contributed by atoms with Crippen molar-refractivity contribution in [1.29, 1.82) is 0 Å². The molecule has 0 saturated heterocycles. The summed E-state index contributed by atoms with van der Waals surface area (Å²) in [6.45, 7) is 0.454. The Balaban J connectivity index is 1.64. The summed E-state index contributed by atoms with van der Waals surface area (Å²) in [5, 5.41) is 2.57. The van der Waals surface area contributed by atoms with Crippen molar-refractivity contribution in [2.75, 3.05) is 6.54 Å². The second-order valence-electron chi connectivity index (χ2n) is 6.19. The molecule has 9 heteroatoms. The van der Waals surface area contributed by atoms with E-state index in [2.05, 4.69) is 15.0 Å². The standard InChI is InChI=1S/C18H12ClFN4O2S/c19-14-7-27-17(23-14)18(25)24-5-4-11-15(22-8-21-11)16(24)13-6-9-10(20)2-1-3-12(9)26-13/h1-3,6-8,16H,4-5H2,(H,21,22)/t16-/m0/s1. The molecule has 0 radical (unpaired) electrons. The molecule has 136 valence electrons. The monoisotopic (exact) mass is 402 g/mol. The Morgan fingerprint density at radius 3 is 3.11 bits per heavy atom. The number of hydrogen-bond acceptors (Lipinski definition) is 5. The zero-order chi connectivity index (χ0) is 18.5. The number of imidazole rings is 1. The van der Waals surface area contributed by atoms with E-state index in [-0.39, 0.29) is 16.9 Å². The largest absolute Gasteiger partial charge is 0.458 e. The lowest BCUT2D eigenvalue weighted by Crippen LogP contribution is -2.40. The molecule has 1 aromatic carbocycles. The number of nitrogens with one attached hydrogen (secondary N) is 1. The van der Waals surface area contributed by atoms with Gasteiger partial charge in [0, 0.05) is 24.0 Å². The highest BCUT2D eigenvalue weighted by atomic mass is 35.5. The highest BCUT2D eigenvalue weighted by molar-refractivity contribution is 7.12. The molecule has 1 atom stereocenters. The maximum Gasteiger partial charge on any atom is 0.283 e. The van der Waals surface area contributed by atoms with Crippen LogP contribution in [0.2, 0.25) is 5.15 Å². The molecule has 0 unspecified atom stereocenters. The molecule has 1 aliphatic heterocycles. The molecule has 3 aromatic heterocycles. The SMILES string of the molecule is O=C(c1nc(Cl)cs1)N1CCc2[nH]cnc2[C@@H]1c1cc2c(F)cccc2o1. The lowest BCUT2D eigenvalue weighted by Gasteiger charge is -2.33. The summed E-state index contributed by atoms with van der Waals surface area (Å²) >= 11 is 7.07. The maximum atomic E-state index is 14.1. The zero-order valence-electron chi connectivity index (χ0n) is 13.8. The summed E-state index contributed by atoms with van der Waals surface area (Å²) in [6, 6.07) is 5.73. The second kappa shape index (κ2) is 6.17. The number of hydrogen-bond donors (Lipinski definition) is 1. The van der Waals surface area contributed by atoms with Crippen molar-refractivity contribution in [3.63, 3.8) is 0 Å². The molecule has 6 nitrogen and oxygen atoms in total. The van der Waals surface area contributed by atoms with Crippen LogP contribution in [0.5, 0.6) is 0 Å². The number of furan rings is 1. The Morgan fingerprint density at radius 2 is 2.33 bits per heavy atom. The minimum absolute atomic E-state index is 0.258. The number of fused-ring (bicyclic) bond motifs is 2. The summed E-state index contributed by atoms with van der Waals surface area (Å²) < 4.78 is 20.0. The number of aromatic amines is 1. The first kappa shape index (κ1) is 16.5. The highest BCUT2D eigenvalue weighted by Gasteiger charge is 2.37. The van der Waals surface area contributed by atoms with Crippen molar-refractivity contribution in [3.05, 3.63) is 69.1 Å². The third-order valence-electron chi connectivity index (χ3n) is 4.64. The van der Waals surface area contributed by atoms with Crippen LogP contribution in [0.25, 0.3) is 11.0 Å². The molecule has 1 N–H and O–H groups in total. The fraction of sp³-hybridized carbons (Fsp3) is 0.167. The predicted octanol–water partition coefficient (Wildman–Crippen LogP) is 4.19. The number of carbonyl (C=O) groups excluding carboxylic acids is 1. The highest BCUT2D eigenvalue weighted by Crippen LogP contribution is 2.37. The van der Waals surface area contributed by atoms with E-state index in [0.29, 0.717) is 40.4 Å². The quantitative estimate of drug-likeness (QED) is 0.545. The number of aromatic nitrogens is 3. The fourth-order valence-corrected chi connectivity index (χ4v) is 4.34. The van der Waals surface area contributed by atoms with E-state index in [4.69, 9.17) is 16.0 Å². The van der Waals surface area contributed by atoms with Crippen LogP contribution in [0.4, 0.5) is 4.39 Å². The molecule has 0 saturated carbocycles. The van der Waals surface area contributed by atoms with Crippen LogP contribution in [-0.2, 0) is 6.42 Å². The molecule has 1 aliphatic rings. The molecular weight excluding hydrogens is 391 g/mol. The van der Waals surface area contributed by atoms with Crippen molar-refractivity contribution in [2.24, 2.45) is 0 Å². The van der Waals surface area contributed by atoms with Gasteiger partial charge in [0.1, 0.15) is 28.4 Å². The number of rotatable bonds is 2.